The van der Waals surface area contributed by atoms with E-state index in [0.29, 0.717) is 17.6 Å². The van der Waals surface area contributed by atoms with Gasteiger partial charge in [0, 0.05) is 18.3 Å². The number of halogens is 1. The smallest absolute Gasteiger partial charge is 0.226 e. The fourth-order valence-corrected chi connectivity index (χ4v) is 3.08. The zero-order valence-corrected chi connectivity index (χ0v) is 13.8. The Labute approximate surface area is 145 Å². The molecule has 1 aliphatic rings. The number of ether oxygens (including phenoxy) is 1. The molecule has 7 heteroatoms. The van der Waals surface area contributed by atoms with Crippen LogP contribution in [0.5, 0.6) is 11.6 Å². The number of hydrogen-bond donors (Lipinski definition) is 2. The normalized spacial score (nSPS) is 20.5. The monoisotopic (exact) mass is 344 g/mol. The van der Waals surface area contributed by atoms with Gasteiger partial charge in [-0.05, 0) is 37.1 Å². The van der Waals surface area contributed by atoms with E-state index >= 15 is 0 Å². The molecule has 0 spiro atoms. The van der Waals surface area contributed by atoms with Crippen molar-refractivity contribution >= 4 is 11.9 Å². The Kier molecular flexibility index (Phi) is 5.42. The predicted molar refractivity (Wildman–Crippen MR) is 91.7 cm³/mol. The van der Waals surface area contributed by atoms with Crippen LogP contribution >= 0.6 is 0 Å². The summed E-state index contributed by atoms with van der Waals surface area (Å²) in [5, 5.41) is 3.22. The van der Waals surface area contributed by atoms with Gasteiger partial charge in [-0.15, -0.1) is 0 Å². The van der Waals surface area contributed by atoms with Gasteiger partial charge in [0.25, 0.3) is 0 Å². The Morgan fingerprint density at radius 3 is 2.68 bits per heavy atom. The van der Waals surface area contributed by atoms with Crippen molar-refractivity contribution in [2.45, 2.75) is 38.1 Å². The summed E-state index contributed by atoms with van der Waals surface area (Å²) in [6.45, 7) is 0. The van der Waals surface area contributed by atoms with Gasteiger partial charge in [-0.3, -0.25) is 4.79 Å². The second-order valence-corrected chi connectivity index (χ2v) is 6.17. The van der Waals surface area contributed by atoms with Crippen LogP contribution in [0.1, 0.15) is 32.1 Å². The number of hydrogen-bond acceptors (Lipinski definition) is 5. The Morgan fingerprint density at radius 2 is 1.92 bits per heavy atom. The minimum atomic E-state index is -0.330. The van der Waals surface area contributed by atoms with Gasteiger partial charge in [-0.25, -0.2) is 9.37 Å². The molecule has 1 fully saturated rings. The fourth-order valence-electron chi connectivity index (χ4n) is 3.08. The number of carbonyl (C=O) groups is 1. The maximum absolute atomic E-state index is 13.0. The van der Waals surface area contributed by atoms with Crippen LogP contribution in [0.25, 0.3) is 0 Å². The van der Waals surface area contributed by atoms with Crippen LogP contribution in [0.2, 0.25) is 0 Å². The summed E-state index contributed by atoms with van der Waals surface area (Å²) >= 11 is 0. The average molecular weight is 344 g/mol. The lowest BCUT2D eigenvalue weighted by Gasteiger charge is -2.23. The van der Waals surface area contributed by atoms with Gasteiger partial charge in [0.05, 0.1) is 5.92 Å². The van der Waals surface area contributed by atoms with E-state index in [1.807, 2.05) is 0 Å². The van der Waals surface area contributed by atoms with E-state index < -0.39 is 0 Å². The van der Waals surface area contributed by atoms with Gasteiger partial charge >= 0.3 is 0 Å². The summed E-state index contributed by atoms with van der Waals surface area (Å²) in [4.78, 5) is 20.2. The third kappa shape index (κ3) is 4.65. The van der Waals surface area contributed by atoms with Gasteiger partial charge in [-0.1, -0.05) is 19.3 Å². The van der Waals surface area contributed by atoms with Crippen molar-refractivity contribution in [1.82, 2.24) is 9.97 Å². The van der Waals surface area contributed by atoms with E-state index in [-0.39, 0.29) is 23.7 Å². The molecule has 3 rings (SSSR count). The highest BCUT2D eigenvalue weighted by Crippen LogP contribution is 2.26. The van der Waals surface area contributed by atoms with Crippen molar-refractivity contribution < 1.29 is 13.9 Å². The second-order valence-electron chi connectivity index (χ2n) is 6.17. The molecule has 3 N–H and O–H groups in total. The molecule has 1 aromatic carbocycles. The number of primary amides is 1. The van der Waals surface area contributed by atoms with Crippen molar-refractivity contribution in [1.29, 1.82) is 0 Å². The molecule has 0 radical (unpaired) electrons. The van der Waals surface area contributed by atoms with Crippen LogP contribution in [0.15, 0.2) is 36.5 Å². The van der Waals surface area contributed by atoms with Crippen LogP contribution in [-0.2, 0) is 4.79 Å². The van der Waals surface area contributed by atoms with E-state index in [1.54, 1.807) is 12.3 Å². The van der Waals surface area contributed by atoms with Crippen LogP contribution in [0, 0.1) is 11.7 Å². The Morgan fingerprint density at radius 1 is 1.16 bits per heavy atom. The van der Waals surface area contributed by atoms with Crippen molar-refractivity contribution in [2.24, 2.45) is 11.7 Å². The molecular formula is C18H21FN4O2. The lowest BCUT2D eigenvalue weighted by atomic mass is 9.94. The number of carbonyl (C=O) groups excluding carboxylic acids is 1. The topological polar surface area (TPSA) is 90.1 Å². The number of benzene rings is 1. The number of anilines is 1. The SMILES string of the molecule is NC(=O)C1CCCCCC1Nc1nccc(Oc2ccc(F)cc2)n1. The molecule has 1 heterocycles. The quantitative estimate of drug-likeness (QED) is 0.813. The number of nitrogens with one attached hydrogen (secondary N) is 1. The van der Waals surface area contributed by atoms with Gasteiger partial charge in [0.2, 0.25) is 17.7 Å². The van der Waals surface area contributed by atoms with Crippen LogP contribution in [-0.4, -0.2) is 21.9 Å². The van der Waals surface area contributed by atoms with Gasteiger partial charge in [0.1, 0.15) is 11.6 Å². The number of aromatic nitrogens is 2. The lowest BCUT2D eigenvalue weighted by Crippen LogP contribution is -2.38. The Bertz CT molecular complexity index is 723. The zero-order chi connectivity index (χ0) is 17.6. The number of rotatable bonds is 5. The summed E-state index contributed by atoms with van der Waals surface area (Å²) in [6.07, 6.45) is 6.33. The molecule has 25 heavy (non-hydrogen) atoms. The first kappa shape index (κ1) is 17.1. The molecule has 0 bridgehead atoms. The molecular weight excluding hydrogens is 323 g/mol. The largest absolute Gasteiger partial charge is 0.439 e. The molecule has 0 saturated heterocycles. The van der Waals surface area contributed by atoms with Crippen molar-refractivity contribution in [3.05, 3.63) is 42.3 Å². The molecule has 0 aliphatic heterocycles. The van der Waals surface area contributed by atoms with Crippen molar-refractivity contribution in [3.63, 3.8) is 0 Å². The first-order chi connectivity index (χ1) is 12.1. The molecule has 1 aliphatic carbocycles. The number of nitrogens with zero attached hydrogens (tertiary/aromatic N) is 2. The first-order valence-corrected chi connectivity index (χ1v) is 8.44. The summed E-state index contributed by atoms with van der Waals surface area (Å²) < 4.78 is 18.6. The third-order valence-electron chi connectivity index (χ3n) is 4.36. The van der Waals surface area contributed by atoms with E-state index in [1.165, 1.54) is 24.3 Å². The second kappa shape index (κ2) is 7.92. The maximum Gasteiger partial charge on any atom is 0.226 e. The first-order valence-electron chi connectivity index (χ1n) is 8.44. The molecule has 2 atom stereocenters. The van der Waals surface area contributed by atoms with Crippen molar-refractivity contribution in [3.8, 4) is 11.6 Å². The number of amides is 1. The Hall–Kier alpha value is -2.70. The highest BCUT2D eigenvalue weighted by Gasteiger charge is 2.28. The van der Waals surface area contributed by atoms with Gasteiger partial charge < -0.3 is 15.8 Å². The summed E-state index contributed by atoms with van der Waals surface area (Å²) in [5.41, 5.74) is 5.55. The predicted octanol–water partition coefficient (Wildman–Crippen LogP) is 3.25. The fraction of sp³-hybridized carbons (Fsp3) is 0.389. The summed E-state index contributed by atoms with van der Waals surface area (Å²) in [6, 6.07) is 7.23. The van der Waals surface area contributed by atoms with Crippen LogP contribution in [0.4, 0.5) is 10.3 Å². The van der Waals surface area contributed by atoms with E-state index in [9.17, 15) is 9.18 Å². The number of nitrogens with two attached hydrogens (primary N) is 1. The minimum absolute atomic E-state index is 0.0823. The highest BCUT2D eigenvalue weighted by atomic mass is 19.1. The molecule has 2 unspecified atom stereocenters. The van der Waals surface area contributed by atoms with E-state index in [0.717, 1.165) is 32.1 Å². The average Bonchev–Trinajstić information content (AvgIpc) is 2.83. The maximum atomic E-state index is 13.0. The molecule has 132 valence electrons. The third-order valence-corrected chi connectivity index (χ3v) is 4.36. The molecule has 2 aromatic rings. The Balaban J connectivity index is 1.71. The standard InChI is InChI=1S/C18H21FN4O2/c19-12-6-8-13(9-7-12)25-16-10-11-21-18(23-16)22-15-5-3-1-2-4-14(15)17(20)24/h6-11,14-15H,1-5H2,(H2,20,24)(H,21,22,23). The molecule has 1 aromatic heterocycles. The van der Waals surface area contributed by atoms with Gasteiger partial charge in [0.15, 0.2) is 0 Å². The van der Waals surface area contributed by atoms with E-state index in [4.69, 9.17) is 10.5 Å². The molecule has 1 saturated carbocycles. The zero-order valence-electron chi connectivity index (χ0n) is 13.8. The van der Waals surface area contributed by atoms with Crippen LogP contribution in [0.3, 0.4) is 0 Å². The lowest BCUT2D eigenvalue weighted by molar-refractivity contribution is -0.122. The minimum Gasteiger partial charge on any atom is -0.439 e. The molecule has 1 amide bonds. The van der Waals surface area contributed by atoms with Crippen molar-refractivity contribution in [2.75, 3.05) is 5.32 Å². The summed E-state index contributed by atoms with van der Waals surface area (Å²) in [7, 11) is 0. The highest BCUT2D eigenvalue weighted by molar-refractivity contribution is 5.77. The summed E-state index contributed by atoms with van der Waals surface area (Å²) in [5.74, 6) is 0.357. The van der Waals surface area contributed by atoms with Crippen LogP contribution < -0.4 is 15.8 Å². The molecule has 6 nitrogen and oxygen atoms in total. The van der Waals surface area contributed by atoms with Gasteiger partial charge in [-0.2, -0.15) is 4.98 Å². The van der Waals surface area contributed by atoms with E-state index in [2.05, 4.69) is 15.3 Å².